The Kier molecular flexibility index (Phi) is 4.16. The number of carboxylic acids is 1. The van der Waals surface area contributed by atoms with Crippen molar-refractivity contribution in [3.63, 3.8) is 0 Å². The van der Waals surface area contributed by atoms with Crippen LogP contribution >= 0.6 is 15.9 Å². The molecule has 4 nitrogen and oxygen atoms in total. The van der Waals surface area contributed by atoms with E-state index in [-0.39, 0.29) is 16.6 Å². The Bertz CT molecular complexity index is 1060. The third-order valence-corrected chi connectivity index (χ3v) is 4.33. The molecule has 0 bridgehead atoms. The van der Waals surface area contributed by atoms with Gasteiger partial charge in [0.25, 0.3) is 5.56 Å². The summed E-state index contributed by atoms with van der Waals surface area (Å²) in [5, 5.41) is 9.45. The lowest BCUT2D eigenvalue weighted by molar-refractivity contribution is -0.137. The average molecular weight is 412 g/mol. The molecule has 3 aromatic rings. The van der Waals surface area contributed by atoms with Gasteiger partial charge in [0.1, 0.15) is 5.56 Å². The number of carboxylic acid groups (broad SMARTS) is 1. The van der Waals surface area contributed by atoms with Crippen molar-refractivity contribution in [3.8, 4) is 5.69 Å². The van der Waals surface area contributed by atoms with Crippen LogP contribution < -0.4 is 5.56 Å². The molecule has 0 aliphatic rings. The molecule has 3 rings (SSSR count). The van der Waals surface area contributed by atoms with E-state index in [1.165, 1.54) is 6.07 Å². The molecular weight excluding hydrogens is 403 g/mol. The van der Waals surface area contributed by atoms with Crippen molar-refractivity contribution < 1.29 is 23.1 Å². The second-order valence-corrected chi connectivity index (χ2v) is 6.08. The number of rotatable bonds is 2. The van der Waals surface area contributed by atoms with Gasteiger partial charge in [0.2, 0.25) is 0 Å². The van der Waals surface area contributed by atoms with Gasteiger partial charge >= 0.3 is 12.1 Å². The summed E-state index contributed by atoms with van der Waals surface area (Å²) in [5.74, 6) is -1.45. The molecule has 25 heavy (non-hydrogen) atoms. The first-order chi connectivity index (χ1) is 11.7. The number of aromatic nitrogens is 1. The summed E-state index contributed by atoms with van der Waals surface area (Å²) in [6.07, 6.45) is -4.59. The quantitative estimate of drug-likeness (QED) is 0.676. The van der Waals surface area contributed by atoms with Crippen molar-refractivity contribution in [2.24, 2.45) is 0 Å². The molecule has 1 heterocycles. The van der Waals surface area contributed by atoms with Gasteiger partial charge in [0.05, 0.1) is 16.8 Å². The summed E-state index contributed by atoms with van der Waals surface area (Å²) in [6.45, 7) is 0. The van der Waals surface area contributed by atoms with E-state index < -0.39 is 28.8 Å². The SMILES string of the molecule is O=C(O)c1cc2ccc(C(F)(F)F)cc2n(-c2ccccc2Br)c1=O. The van der Waals surface area contributed by atoms with Crippen LogP contribution in [-0.2, 0) is 6.18 Å². The van der Waals surface area contributed by atoms with E-state index >= 15 is 0 Å². The molecule has 0 fully saturated rings. The molecule has 8 heteroatoms. The summed E-state index contributed by atoms with van der Waals surface area (Å²) < 4.78 is 40.6. The third kappa shape index (κ3) is 3.05. The van der Waals surface area contributed by atoms with Gasteiger partial charge in [0, 0.05) is 4.47 Å². The molecular formula is C17H9BrF3NO3. The molecule has 0 amide bonds. The summed E-state index contributed by atoms with van der Waals surface area (Å²) in [7, 11) is 0. The predicted molar refractivity (Wildman–Crippen MR) is 89.2 cm³/mol. The fourth-order valence-corrected chi connectivity index (χ4v) is 2.97. The Morgan fingerprint density at radius 2 is 1.76 bits per heavy atom. The standard InChI is InChI=1S/C17H9BrF3NO3/c18-12-3-1-2-4-13(12)22-14-8-10(17(19,20)21)6-5-9(14)7-11(15(22)23)16(24)25/h1-8H,(H,24,25). The molecule has 0 saturated heterocycles. The molecule has 0 atom stereocenters. The van der Waals surface area contributed by atoms with Crippen LogP contribution in [0, 0.1) is 0 Å². The maximum atomic E-state index is 13.0. The largest absolute Gasteiger partial charge is 0.477 e. The van der Waals surface area contributed by atoms with Crippen molar-refractivity contribution in [2.45, 2.75) is 6.18 Å². The van der Waals surface area contributed by atoms with E-state index in [9.17, 15) is 27.9 Å². The first-order valence-corrected chi connectivity index (χ1v) is 7.74. The number of hydrogen-bond donors (Lipinski definition) is 1. The van der Waals surface area contributed by atoms with Crippen molar-refractivity contribution in [1.82, 2.24) is 4.57 Å². The number of fused-ring (bicyclic) bond motifs is 1. The van der Waals surface area contributed by atoms with E-state index in [0.29, 0.717) is 4.47 Å². The predicted octanol–water partition coefficient (Wildman–Crippen LogP) is 4.47. The van der Waals surface area contributed by atoms with E-state index in [1.54, 1.807) is 18.2 Å². The zero-order valence-corrected chi connectivity index (χ0v) is 13.9. The molecule has 0 saturated carbocycles. The Labute approximate surface area is 147 Å². The fraction of sp³-hybridized carbons (Fsp3) is 0.0588. The zero-order chi connectivity index (χ0) is 18.4. The topological polar surface area (TPSA) is 59.3 Å². The van der Waals surface area contributed by atoms with Crippen molar-refractivity contribution in [3.05, 3.63) is 74.5 Å². The minimum Gasteiger partial charge on any atom is -0.477 e. The number of halogens is 4. The van der Waals surface area contributed by atoms with Crippen LogP contribution in [-0.4, -0.2) is 15.6 Å². The van der Waals surface area contributed by atoms with Gasteiger partial charge in [0.15, 0.2) is 0 Å². The molecule has 0 unspecified atom stereocenters. The Hall–Kier alpha value is -2.61. The molecule has 0 spiro atoms. The highest BCUT2D eigenvalue weighted by Gasteiger charge is 2.31. The Morgan fingerprint density at radius 1 is 1.08 bits per heavy atom. The number of carbonyl (C=O) groups is 1. The minimum absolute atomic E-state index is 0.0308. The monoisotopic (exact) mass is 411 g/mol. The van der Waals surface area contributed by atoms with Gasteiger partial charge in [-0.05, 0) is 51.6 Å². The highest BCUT2D eigenvalue weighted by Crippen LogP contribution is 2.32. The first-order valence-electron chi connectivity index (χ1n) is 6.95. The highest BCUT2D eigenvalue weighted by atomic mass is 79.9. The van der Waals surface area contributed by atoms with Crippen molar-refractivity contribution in [1.29, 1.82) is 0 Å². The molecule has 1 aromatic heterocycles. The van der Waals surface area contributed by atoms with Crippen molar-refractivity contribution in [2.75, 3.05) is 0 Å². The first kappa shape index (κ1) is 17.2. The van der Waals surface area contributed by atoms with E-state index in [1.807, 2.05) is 0 Å². The number of pyridine rings is 1. The summed E-state index contributed by atoms with van der Waals surface area (Å²) in [5.41, 5.74) is -2.14. The third-order valence-electron chi connectivity index (χ3n) is 3.66. The number of alkyl halides is 3. The number of aromatic carboxylic acids is 1. The maximum Gasteiger partial charge on any atom is 0.416 e. The zero-order valence-electron chi connectivity index (χ0n) is 12.3. The van der Waals surface area contributed by atoms with Crippen LogP contribution in [0.3, 0.4) is 0 Å². The summed E-state index contributed by atoms with van der Waals surface area (Å²) >= 11 is 3.24. The minimum atomic E-state index is -4.59. The summed E-state index contributed by atoms with van der Waals surface area (Å²) in [6, 6.07) is 10.3. The Balaban J connectivity index is 2.50. The number of benzene rings is 2. The molecule has 0 aliphatic heterocycles. The lowest BCUT2D eigenvalue weighted by atomic mass is 10.1. The van der Waals surface area contributed by atoms with E-state index in [2.05, 4.69) is 15.9 Å². The molecule has 0 radical (unpaired) electrons. The van der Waals surface area contributed by atoms with Gasteiger partial charge in [-0.15, -0.1) is 0 Å². The van der Waals surface area contributed by atoms with Gasteiger partial charge in [-0.3, -0.25) is 9.36 Å². The number of nitrogens with zero attached hydrogens (tertiary/aromatic N) is 1. The highest BCUT2D eigenvalue weighted by molar-refractivity contribution is 9.10. The van der Waals surface area contributed by atoms with Gasteiger partial charge in [-0.2, -0.15) is 13.2 Å². The van der Waals surface area contributed by atoms with Crippen molar-refractivity contribution >= 4 is 32.8 Å². The van der Waals surface area contributed by atoms with Crippen LogP contribution in [0.15, 0.2) is 57.8 Å². The van der Waals surface area contributed by atoms with E-state index in [0.717, 1.165) is 28.8 Å². The second-order valence-electron chi connectivity index (χ2n) is 5.23. The van der Waals surface area contributed by atoms with Crippen LogP contribution in [0.25, 0.3) is 16.6 Å². The fourth-order valence-electron chi connectivity index (χ4n) is 2.51. The summed E-state index contributed by atoms with van der Waals surface area (Å²) in [4.78, 5) is 24.0. The van der Waals surface area contributed by atoms with Crippen LogP contribution in [0.2, 0.25) is 0 Å². The molecule has 1 N–H and O–H groups in total. The van der Waals surface area contributed by atoms with Gasteiger partial charge in [-0.1, -0.05) is 18.2 Å². The van der Waals surface area contributed by atoms with E-state index in [4.69, 9.17) is 0 Å². The lowest BCUT2D eigenvalue weighted by Gasteiger charge is -2.15. The molecule has 0 aliphatic carbocycles. The number of hydrogen-bond acceptors (Lipinski definition) is 2. The van der Waals surface area contributed by atoms with Crippen LogP contribution in [0.1, 0.15) is 15.9 Å². The smallest absolute Gasteiger partial charge is 0.416 e. The second kappa shape index (κ2) is 6.03. The average Bonchev–Trinajstić information content (AvgIpc) is 2.54. The van der Waals surface area contributed by atoms with Gasteiger partial charge < -0.3 is 5.11 Å². The molecule has 128 valence electrons. The Morgan fingerprint density at radius 3 is 2.36 bits per heavy atom. The maximum absolute atomic E-state index is 13.0. The molecule has 2 aromatic carbocycles. The normalized spacial score (nSPS) is 11.7. The van der Waals surface area contributed by atoms with Crippen LogP contribution in [0.4, 0.5) is 13.2 Å². The number of para-hydroxylation sites is 1. The lowest BCUT2D eigenvalue weighted by Crippen LogP contribution is -2.26. The van der Waals surface area contributed by atoms with Crippen LogP contribution in [0.5, 0.6) is 0 Å². The van der Waals surface area contributed by atoms with Gasteiger partial charge in [-0.25, -0.2) is 4.79 Å².